The van der Waals surface area contributed by atoms with Gasteiger partial charge in [-0.3, -0.25) is 14.4 Å². The minimum Gasteiger partial charge on any atom is -0.480 e. The summed E-state index contributed by atoms with van der Waals surface area (Å²) in [7, 11) is 0. The van der Waals surface area contributed by atoms with E-state index in [4.69, 9.17) is 5.11 Å². The van der Waals surface area contributed by atoms with Gasteiger partial charge in [-0.15, -0.1) is 0 Å². The number of fused-ring (bicyclic) bond motifs is 1. The van der Waals surface area contributed by atoms with Gasteiger partial charge in [0.05, 0.1) is 0 Å². The summed E-state index contributed by atoms with van der Waals surface area (Å²) < 4.78 is 0. The van der Waals surface area contributed by atoms with E-state index >= 15 is 0 Å². The molecule has 2 amide bonds. The monoisotopic (exact) mass is 357 g/mol. The molecule has 1 unspecified atom stereocenters. The fraction of sp³-hybridized carbons (Fsp3) is 0.421. The van der Waals surface area contributed by atoms with E-state index < -0.39 is 5.97 Å². The fourth-order valence-electron chi connectivity index (χ4n) is 3.60. The molecular weight excluding hydrogens is 334 g/mol. The second-order valence-electron chi connectivity index (χ2n) is 6.69. The normalized spacial score (nSPS) is 17.7. The van der Waals surface area contributed by atoms with Gasteiger partial charge in [0.1, 0.15) is 12.2 Å². The summed E-state index contributed by atoms with van der Waals surface area (Å²) in [5.74, 6) is -1.32. The second-order valence-corrected chi connectivity index (χ2v) is 6.69. The smallest absolute Gasteiger partial charge is 0.323 e. The van der Waals surface area contributed by atoms with Gasteiger partial charge in [0.15, 0.2) is 0 Å². The number of carboxylic acid groups (broad SMARTS) is 1. The third-order valence-corrected chi connectivity index (χ3v) is 4.90. The molecule has 1 aromatic carbocycles. The van der Waals surface area contributed by atoms with E-state index in [-0.39, 0.29) is 24.4 Å². The minimum atomic E-state index is -1.02. The maximum absolute atomic E-state index is 12.8. The van der Waals surface area contributed by atoms with Crippen molar-refractivity contribution in [1.29, 1.82) is 0 Å². The highest BCUT2D eigenvalue weighted by atomic mass is 16.4. The Kier molecular flexibility index (Phi) is 5.25. The van der Waals surface area contributed by atoms with Gasteiger partial charge in [-0.2, -0.15) is 0 Å². The van der Waals surface area contributed by atoms with E-state index in [0.717, 1.165) is 17.3 Å². The molecule has 0 radical (unpaired) electrons. The second kappa shape index (κ2) is 7.59. The van der Waals surface area contributed by atoms with Gasteiger partial charge in [0.25, 0.3) is 5.91 Å². The van der Waals surface area contributed by atoms with E-state index in [0.29, 0.717) is 31.6 Å². The lowest BCUT2D eigenvalue weighted by atomic mass is 10.1. The number of nitrogens with one attached hydrogen (secondary N) is 1. The molecule has 1 aliphatic heterocycles. The summed E-state index contributed by atoms with van der Waals surface area (Å²) in [6.07, 6.45) is 2.02. The third kappa shape index (κ3) is 3.87. The highest BCUT2D eigenvalue weighted by molar-refractivity contribution is 5.98. The number of nitrogens with zero attached hydrogens (tertiary/aromatic N) is 2. The molecule has 0 bridgehead atoms. The molecule has 2 N–H and O–H groups in total. The Bertz CT molecular complexity index is 796. The van der Waals surface area contributed by atoms with Crippen molar-refractivity contribution >= 4 is 28.7 Å². The van der Waals surface area contributed by atoms with Gasteiger partial charge in [-0.1, -0.05) is 18.2 Å². The average Bonchev–Trinajstić information content (AvgIpc) is 2.89. The molecule has 1 fully saturated rings. The summed E-state index contributed by atoms with van der Waals surface area (Å²) in [6, 6.07) is 9.44. The van der Waals surface area contributed by atoms with Crippen molar-refractivity contribution in [3.8, 4) is 0 Å². The van der Waals surface area contributed by atoms with Crippen molar-refractivity contribution in [2.24, 2.45) is 0 Å². The number of aliphatic carboxylic acids is 1. The van der Waals surface area contributed by atoms with Crippen molar-refractivity contribution in [3.05, 3.63) is 36.0 Å². The maximum atomic E-state index is 12.8. The molecule has 7 nitrogen and oxygen atoms in total. The van der Waals surface area contributed by atoms with Gasteiger partial charge >= 0.3 is 5.97 Å². The zero-order chi connectivity index (χ0) is 18.7. The Morgan fingerprint density at radius 3 is 2.69 bits per heavy atom. The van der Waals surface area contributed by atoms with Crippen LogP contribution in [-0.2, 0) is 9.59 Å². The van der Waals surface area contributed by atoms with Crippen molar-refractivity contribution in [3.63, 3.8) is 0 Å². The first-order valence-corrected chi connectivity index (χ1v) is 8.81. The van der Waals surface area contributed by atoms with Crippen LogP contribution < -0.4 is 0 Å². The van der Waals surface area contributed by atoms with E-state index in [1.54, 1.807) is 4.90 Å². The Morgan fingerprint density at radius 1 is 1.23 bits per heavy atom. The molecule has 26 heavy (non-hydrogen) atoms. The predicted molar refractivity (Wildman–Crippen MR) is 96.9 cm³/mol. The number of carboxylic acids is 1. The first-order chi connectivity index (χ1) is 12.5. The first-order valence-electron chi connectivity index (χ1n) is 8.81. The topological polar surface area (TPSA) is 93.7 Å². The van der Waals surface area contributed by atoms with Crippen LogP contribution in [0.4, 0.5) is 0 Å². The lowest BCUT2D eigenvalue weighted by Gasteiger charge is -2.28. The van der Waals surface area contributed by atoms with Crippen LogP contribution >= 0.6 is 0 Å². The molecule has 1 aromatic heterocycles. The molecule has 2 aromatic rings. The number of para-hydroxylation sites is 1. The predicted octanol–water partition coefficient (Wildman–Crippen LogP) is 2.10. The molecule has 1 atom stereocenters. The van der Waals surface area contributed by atoms with Gasteiger partial charge in [-0.05, 0) is 31.4 Å². The molecule has 0 aliphatic carbocycles. The standard InChI is InChI=1S/C19H23N3O4/c1-13(23)22(12-18(24)25)15-6-4-9-21(10-8-15)19(26)17-11-14-5-2-3-7-16(14)20-17/h2-3,5,7,11,15,20H,4,6,8-10,12H2,1H3,(H,24,25). The lowest BCUT2D eigenvalue weighted by Crippen LogP contribution is -2.43. The zero-order valence-electron chi connectivity index (χ0n) is 14.8. The third-order valence-electron chi connectivity index (χ3n) is 4.90. The van der Waals surface area contributed by atoms with Crippen LogP contribution in [0.25, 0.3) is 10.9 Å². The summed E-state index contributed by atoms with van der Waals surface area (Å²) in [5.41, 5.74) is 1.48. The highest BCUT2D eigenvalue weighted by Gasteiger charge is 2.28. The minimum absolute atomic E-state index is 0.0607. The molecular formula is C19H23N3O4. The van der Waals surface area contributed by atoms with E-state index in [9.17, 15) is 14.4 Å². The number of benzene rings is 1. The van der Waals surface area contributed by atoms with Crippen LogP contribution in [0.15, 0.2) is 30.3 Å². The quantitative estimate of drug-likeness (QED) is 0.876. The molecule has 1 saturated heterocycles. The van der Waals surface area contributed by atoms with Gasteiger partial charge in [-0.25, -0.2) is 0 Å². The summed E-state index contributed by atoms with van der Waals surface area (Å²) in [4.78, 5) is 42.0. The van der Waals surface area contributed by atoms with Crippen LogP contribution in [0.2, 0.25) is 0 Å². The number of amides is 2. The van der Waals surface area contributed by atoms with Gasteiger partial charge in [0, 0.05) is 37.0 Å². The first kappa shape index (κ1) is 18.0. The van der Waals surface area contributed by atoms with Crippen LogP contribution in [0, 0.1) is 0 Å². The SMILES string of the molecule is CC(=O)N(CC(=O)O)C1CCCN(C(=O)c2cc3ccccc3[nH]2)CC1. The average molecular weight is 357 g/mol. The molecule has 1 aliphatic rings. The molecule has 0 spiro atoms. The van der Waals surface area contributed by atoms with Crippen LogP contribution in [0.1, 0.15) is 36.7 Å². The number of hydrogen-bond acceptors (Lipinski definition) is 3. The highest BCUT2D eigenvalue weighted by Crippen LogP contribution is 2.20. The number of hydrogen-bond donors (Lipinski definition) is 2. The van der Waals surface area contributed by atoms with Gasteiger partial charge < -0.3 is 19.9 Å². The van der Waals surface area contributed by atoms with E-state index in [1.165, 1.54) is 11.8 Å². The van der Waals surface area contributed by atoms with Crippen LogP contribution in [0.3, 0.4) is 0 Å². The van der Waals surface area contributed by atoms with Crippen molar-refractivity contribution in [2.75, 3.05) is 19.6 Å². The summed E-state index contributed by atoms with van der Waals surface area (Å²) in [6.45, 7) is 2.20. The molecule has 3 rings (SSSR count). The number of aromatic amines is 1. The van der Waals surface area contributed by atoms with Crippen LogP contribution in [-0.4, -0.2) is 63.4 Å². The van der Waals surface area contributed by atoms with Crippen molar-refractivity contribution in [1.82, 2.24) is 14.8 Å². The number of rotatable bonds is 4. The summed E-state index contributed by atoms with van der Waals surface area (Å²) >= 11 is 0. The number of H-pyrrole nitrogens is 1. The number of aromatic nitrogens is 1. The molecule has 0 saturated carbocycles. The van der Waals surface area contributed by atoms with Crippen molar-refractivity contribution in [2.45, 2.75) is 32.2 Å². The maximum Gasteiger partial charge on any atom is 0.323 e. The molecule has 2 heterocycles. The lowest BCUT2D eigenvalue weighted by molar-refractivity contribution is -0.145. The van der Waals surface area contributed by atoms with Crippen molar-refractivity contribution < 1.29 is 19.5 Å². The zero-order valence-corrected chi connectivity index (χ0v) is 14.8. The largest absolute Gasteiger partial charge is 0.480 e. The number of carbonyl (C=O) groups is 3. The number of likely N-dealkylation sites (tertiary alicyclic amines) is 1. The molecule has 7 heteroatoms. The van der Waals surface area contributed by atoms with Gasteiger partial charge in [0.2, 0.25) is 5.91 Å². The van der Waals surface area contributed by atoms with E-state index in [2.05, 4.69) is 4.98 Å². The summed E-state index contributed by atoms with van der Waals surface area (Å²) in [5, 5.41) is 10.0. The Balaban J connectivity index is 1.70. The Labute approximate surface area is 151 Å². The fourth-order valence-corrected chi connectivity index (χ4v) is 3.60. The van der Waals surface area contributed by atoms with E-state index in [1.807, 2.05) is 30.3 Å². The Hall–Kier alpha value is -2.83. The Morgan fingerprint density at radius 2 is 2.00 bits per heavy atom. The van der Waals surface area contributed by atoms with Crippen LogP contribution in [0.5, 0.6) is 0 Å². The number of carbonyl (C=O) groups excluding carboxylic acids is 2. The molecule has 138 valence electrons.